The minimum Gasteiger partial charge on any atom is -0.358 e. The van der Waals surface area contributed by atoms with Gasteiger partial charge in [-0.15, -0.1) is 0 Å². The number of nitrogens with one attached hydrogen (secondary N) is 1. The van der Waals surface area contributed by atoms with Crippen molar-refractivity contribution in [2.45, 2.75) is 32.7 Å². The van der Waals surface area contributed by atoms with E-state index < -0.39 is 0 Å². The van der Waals surface area contributed by atoms with E-state index in [0.29, 0.717) is 17.2 Å². The Labute approximate surface area is 145 Å². The van der Waals surface area contributed by atoms with E-state index in [0.717, 1.165) is 30.5 Å². The lowest BCUT2D eigenvalue weighted by molar-refractivity contribution is -0.120. The number of aromatic nitrogens is 3. The maximum absolute atomic E-state index is 13.0. The van der Waals surface area contributed by atoms with Gasteiger partial charge in [0.2, 0.25) is 5.91 Å². The Bertz CT molecular complexity index is 919. The van der Waals surface area contributed by atoms with Crippen molar-refractivity contribution in [2.24, 2.45) is 0 Å². The third-order valence-electron chi connectivity index (χ3n) is 4.54. The van der Waals surface area contributed by atoms with Crippen LogP contribution >= 0.6 is 0 Å². The molecule has 1 N–H and O–H groups in total. The van der Waals surface area contributed by atoms with Crippen LogP contribution in [-0.4, -0.2) is 33.6 Å². The lowest BCUT2D eigenvalue weighted by Gasteiger charge is -2.33. The molecule has 3 aromatic rings. The average molecular weight is 337 g/mol. The van der Waals surface area contributed by atoms with Gasteiger partial charge in [-0.25, -0.2) is 4.98 Å². The summed E-state index contributed by atoms with van der Waals surface area (Å²) in [5.41, 5.74) is 3.23. The molecule has 2 aromatic heterocycles. The molecule has 1 fully saturated rings. The van der Waals surface area contributed by atoms with E-state index in [9.17, 15) is 4.79 Å². The van der Waals surface area contributed by atoms with Crippen molar-refractivity contribution in [3.63, 3.8) is 0 Å². The largest absolute Gasteiger partial charge is 0.358 e. The first kappa shape index (κ1) is 15.6. The van der Waals surface area contributed by atoms with E-state index in [1.165, 1.54) is 11.9 Å². The Hall–Kier alpha value is -2.96. The fourth-order valence-corrected chi connectivity index (χ4v) is 3.19. The van der Waals surface area contributed by atoms with Gasteiger partial charge in [-0.3, -0.25) is 4.79 Å². The molecule has 1 aliphatic rings. The van der Waals surface area contributed by atoms with Gasteiger partial charge in [0.25, 0.3) is 5.71 Å². The number of hydrogen-bond acceptors (Lipinski definition) is 6. The zero-order valence-electron chi connectivity index (χ0n) is 14.2. The van der Waals surface area contributed by atoms with Crippen LogP contribution in [0.3, 0.4) is 0 Å². The molecule has 128 valence electrons. The fourth-order valence-electron chi connectivity index (χ4n) is 3.19. The van der Waals surface area contributed by atoms with E-state index in [1.54, 1.807) is 0 Å². The predicted octanol–water partition coefficient (Wildman–Crippen LogP) is 2.84. The number of rotatable bonds is 3. The second kappa shape index (κ2) is 6.16. The summed E-state index contributed by atoms with van der Waals surface area (Å²) in [6.07, 6.45) is 3.10. The van der Waals surface area contributed by atoms with Crippen molar-refractivity contribution in [1.29, 1.82) is 0 Å². The standard InChI is InChI=1S/C18H19N5O2/c1-11-5-7-13(8-6-11)23-9-3-4-14(18(23)24)21-16-15-12(2)22-25-17(15)20-10-19-16/h5-8,10,14H,3-4,9H2,1-2H3,(H,19,20,21). The van der Waals surface area contributed by atoms with Gasteiger partial charge in [0.1, 0.15) is 23.6 Å². The number of benzene rings is 1. The Morgan fingerprint density at radius 2 is 2.00 bits per heavy atom. The van der Waals surface area contributed by atoms with Crippen LogP contribution < -0.4 is 10.2 Å². The van der Waals surface area contributed by atoms with Crippen molar-refractivity contribution in [3.05, 3.63) is 41.9 Å². The zero-order chi connectivity index (χ0) is 17.4. The maximum atomic E-state index is 13.0. The van der Waals surface area contributed by atoms with Crippen LogP contribution in [0, 0.1) is 13.8 Å². The Balaban J connectivity index is 1.61. The molecule has 7 nitrogen and oxygen atoms in total. The molecule has 1 unspecified atom stereocenters. The van der Waals surface area contributed by atoms with E-state index >= 15 is 0 Å². The number of anilines is 2. The van der Waals surface area contributed by atoms with Crippen LogP contribution in [0.1, 0.15) is 24.1 Å². The van der Waals surface area contributed by atoms with Crippen LogP contribution in [0.2, 0.25) is 0 Å². The van der Waals surface area contributed by atoms with Crippen LogP contribution in [-0.2, 0) is 4.79 Å². The third-order valence-corrected chi connectivity index (χ3v) is 4.54. The van der Waals surface area contributed by atoms with Crippen molar-refractivity contribution in [2.75, 3.05) is 16.8 Å². The number of nitrogens with zero attached hydrogens (tertiary/aromatic N) is 4. The van der Waals surface area contributed by atoms with Gasteiger partial charge >= 0.3 is 0 Å². The number of carbonyl (C=O) groups is 1. The van der Waals surface area contributed by atoms with Crippen molar-refractivity contribution < 1.29 is 9.32 Å². The summed E-state index contributed by atoms with van der Waals surface area (Å²) in [4.78, 5) is 23.1. The minimum absolute atomic E-state index is 0.0518. The summed E-state index contributed by atoms with van der Waals surface area (Å²) < 4.78 is 5.17. The molecule has 0 saturated carbocycles. The normalized spacial score (nSPS) is 17.9. The second-order valence-electron chi connectivity index (χ2n) is 6.33. The molecule has 1 aliphatic heterocycles. The first-order valence-corrected chi connectivity index (χ1v) is 8.35. The van der Waals surface area contributed by atoms with E-state index in [2.05, 4.69) is 20.4 Å². The second-order valence-corrected chi connectivity index (χ2v) is 6.33. The van der Waals surface area contributed by atoms with E-state index in [4.69, 9.17) is 4.52 Å². The summed E-state index contributed by atoms with van der Waals surface area (Å²) in [5, 5.41) is 7.92. The van der Waals surface area contributed by atoms with Crippen LogP contribution in [0.15, 0.2) is 35.1 Å². The third kappa shape index (κ3) is 2.82. The number of fused-ring (bicyclic) bond motifs is 1. The molecule has 0 spiro atoms. The van der Waals surface area contributed by atoms with Gasteiger partial charge in [0.05, 0.1) is 5.69 Å². The number of carbonyl (C=O) groups excluding carboxylic acids is 1. The van der Waals surface area contributed by atoms with Crippen molar-refractivity contribution >= 4 is 28.5 Å². The number of hydrogen-bond donors (Lipinski definition) is 1. The molecule has 0 bridgehead atoms. The van der Waals surface area contributed by atoms with E-state index in [1.807, 2.05) is 43.0 Å². The lowest BCUT2D eigenvalue weighted by Crippen LogP contribution is -2.47. The molecule has 1 saturated heterocycles. The molecule has 1 atom stereocenters. The highest BCUT2D eigenvalue weighted by Gasteiger charge is 2.30. The molecule has 0 aliphatic carbocycles. The summed E-state index contributed by atoms with van der Waals surface area (Å²) in [5.74, 6) is 0.642. The van der Waals surface area contributed by atoms with Gasteiger partial charge in [-0.1, -0.05) is 22.9 Å². The monoisotopic (exact) mass is 337 g/mol. The topological polar surface area (TPSA) is 84.2 Å². The SMILES string of the molecule is Cc1ccc(N2CCCC(Nc3ncnc4onc(C)c34)C2=O)cc1. The average Bonchev–Trinajstić information content (AvgIpc) is 3.00. The molecule has 7 heteroatoms. The van der Waals surface area contributed by atoms with Gasteiger partial charge < -0.3 is 14.7 Å². The molecule has 0 radical (unpaired) electrons. The Kier molecular flexibility index (Phi) is 3.83. The minimum atomic E-state index is -0.331. The molecule has 3 heterocycles. The molecular formula is C18H19N5O2. The van der Waals surface area contributed by atoms with Crippen molar-refractivity contribution in [3.8, 4) is 0 Å². The van der Waals surface area contributed by atoms with Crippen molar-refractivity contribution in [1.82, 2.24) is 15.1 Å². The van der Waals surface area contributed by atoms with Gasteiger partial charge in [0.15, 0.2) is 0 Å². The summed E-state index contributed by atoms with van der Waals surface area (Å²) in [6.45, 7) is 4.60. The first-order valence-electron chi connectivity index (χ1n) is 8.35. The van der Waals surface area contributed by atoms with Gasteiger partial charge in [-0.2, -0.15) is 4.98 Å². The number of amides is 1. The highest BCUT2D eigenvalue weighted by molar-refractivity contribution is 6.00. The fraction of sp³-hybridized carbons (Fsp3) is 0.333. The zero-order valence-corrected chi connectivity index (χ0v) is 14.2. The highest BCUT2D eigenvalue weighted by atomic mass is 16.5. The molecule has 1 aromatic carbocycles. The number of aryl methyl sites for hydroxylation is 2. The highest BCUT2D eigenvalue weighted by Crippen LogP contribution is 2.27. The predicted molar refractivity (Wildman–Crippen MR) is 94.5 cm³/mol. The lowest BCUT2D eigenvalue weighted by atomic mass is 10.0. The van der Waals surface area contributed by atoms with Crippen LogP contribution in [0.25, 0.3) is 11.1 Å². The number of piperidine rings is 1. The first-order chi connectivity index (χ1) is 12.1. The van der Waals surface area contributed by atoms with Crippen LogP contribution in [0.4, 0.5) is 11.5 Å². The van der Waals surface area contributed by atoms with Crippen LogP contribution in [0.5, 0.6) is 0 Å². The van der Waals surface area contributed by atoms with Gasteiger partial charge in [-0.05, 0) is 38.8 Å². The quantitative estimate of drug-likeness (QED) is 0.791. The Morgan fingerprint density at radius 1 is 1.20 bits per heavy atom. The molecule has 4 rings (SSSR count). The van der Waals surface area contributed by atoms with Gasteiger partial charge in [0, 0.05) is 12.2 Å². The summed E-state index contributed by atoms with van der Waals surface area (Å²) in [7, 11) is 0. The Morgan fingerprint density at radius 3 is 2.80 bits per heavy atom. The summed E-state index contributed by atoms with van der Waals surface area (Å²) >= 11 is 0. The summed E-state index contributed by atoms with van der Waals surface area (Å²) in [6, 6.07) is 7.69. The molecule has 1 amide bonds. The maximum Gasteiger partial charge on any atom is 0.263 e. The van der Waals surface area contributed by atoms with E-state index in [-0.39, 0.29) is 11.9 Å². The molecule has 25 heavy (non-hydrogen) atoms. The smallest absolute Gasteiger partial charge is 0.263 e. The molecular weight excluding hydrogens is 318 g/mol.